The summed E-state index contributed by atoms with van der Waals surface area (Å²) in [5, 5.41) is 7.94. The van der Waals surface area contributed by atoms with E-state index in [0.29, 0.717) is 16.7 Å². The third-order valence-electron chi connectivity index (χ3n) is 5.69. The minimum Gasteiger partial charge on any atom is -0.375 e. The van der Waals surface area contributed by atoms with Gasteiger partial charge in [-0.25, -0.2) is 9.97 Å². The van der Waals surface area contributed by atoms with Gasteiger partial charge in [0.1, 0.15) is 0 Å². The molecule has 4 atom stereocenters. The lowest BCUT2D eigenvalue weighted by molar-refractivity contribution is 0.290. The van der Waals surface area contributed by atoms with Crippen LogP contribution in [0.15, 0.2) is 0 Å². The molecule has 28 heavy (non-hydrogen) atoms. The number of hydrogen-bond donors (Lipinski definition) is 4. The van der Waals surface area contributed by atoms with Gasteiger partial charge in [0.25, 0.3) is 0 Å². The summed E-state index contributed by atoms with van der Waals surface area (Å²) in [6, 6.07) is -0.613. The number of nitrogen functional groups attached to an aromatic ring is 2. The van der Waals surface area contributed by atoms with Crippen LogP contribution in [0.25, 0.3) is 0 Å². The largest absolute Gasteiger partial charge is 0.375 e. The Labute approximate surface area is 184 Å². The van der Waals surface area contributed by atoms with E-state index in [-0.39, 0.29) is 25.0 Å². The molecule has 8 heteroatoms. The van der Waals surface area contributed by atoms with Gasteiger partial charge in [-0.15, -0.1) is 22.7 Å². The van der Waals surface area contributed by atoms with Crippen LogP contribution in [0.1, 0.15) is 62.3 Å². The molecule has 0 aliphatic heterocycles. The first-order chi connectivity index (χ1) is 15.9. The van der Waals surface area contributed by atoms with Gasteiger partial charge in [0, 0.05) is 42.5 Å². The molecule has 2 aromatic rings. The Morgan fingerprint density at radius 3 is 2.68 bits per heavy atom. The lowest BCUT2D eigenvalue weighted by atomic mass is 9.92. The first kappa shape index (κ1) is 13.9. The number of hydrogen-bond acceptors (Lipinski definition) is 8. The molecule has 0 saturated carbocycles. The monoisotopic (exact) mass is 426 g/mol. The van der Waals surface area contributed by atoms with E-state index in [2.05, 4.69) is 20.6 Å². The number of nitrogens with zero attached hydrogens (tertiary/aromatic N) is 2. The quantitative estimate of drug-likeness (QED) is 0.543. The highest BCUT2D eigenvalue weighted by Crippen LogP contribution is 2.29. The van der Waals surface area contributed by atoms with Gasteiger partial charge < -0.3 is 22.1 Å². The molecule has 6 nitrogen and oxygen atoms in total. The average Bonchev–Trinajstić information content (AvgIpc) is 3.25. The molecule has 0 amide bonds. The number of aryl methyl sites for hydroxylation is 2. The molecule has 2 aliphatic rings. The average molecular weight is 427 g/mol. The molecule has 0 spiro atoms. The van der Waals surface area contributed by atoms with Gasteiger partial charge in [-0.1, -0.05) is 13.7 Å². The first-order valence-corrected chi connectivity index (χ1v) is 11.5. The lowest BCUT2D eigenvalue weighted by Crippen LogP contribution is -2.48. The Morgan fingerprint density at radius 1 is 1.07 bits per heavy atom. The van der Waals surface area contributed by atoms with Gasteiger partial charge in [-0.05, 0) is 51.0 Å². The zero-order valence-electron chi connectivity index (χ0n) is 21.8. The number of nitrogens with one attached hydrogen (secondary N) is 2. The van der Waals surface area contributed by atoms with Crippen LogP contribution in [0, 0.1) is 5.92 Å². The zero-order chi connectivity index (χ0) is 24.7. The second-order valence-corrected chi connectivity index (χ2v) is 9.95. The number of anilines is 2. The van der Waals surface area contributed by atoms with E-state index in [1.54, 1.807) is 0 Å². The van der Waals surface area contributed by atoms with Crippen molar-refractivity contribution in [1.29, 1.82) is 0 Å². The molecule has 6 N–H and O–H groups in total. The molecule has 0 radical (unpaired) electrons. The predicted molar refractivity (Wildman–Crippen MR) is 119 cm³/mol. The molecule has 0 saturated heterocycles. The standard InChI is InChI=1S/C20H32N6S2/c1-3-14(24-13-5-7-17-16(8-13)26-20(22)27-17)11(2)10-23-12-4-6-15-18(9-12)28-19(21)25-15/h11-14,23-24H,3-10H2,1-2H3,(H2,21,25)(H2,22,26)/t11?,12-,13+,14?/m0/s1/i1D3,2D3. The van der Waals surface area contributed by atoms with Gasteiger partial charge in [0.15, 0.2) is 10.3 Å². The second-order valence-electron chi connectivity index (χ2n) is 7.72. The minimum absolute atomic E-state index is 0.0383. The van der Waals surface area contributed by atoms with Crippen molar-refractivity contribution in [3.8, 4) is 0 Å². The van der Waals surface area contributed by atoms with Crippen molar-refractivity contribution in [1.82, 2.24) is 20.6 Å². The normalized spacial score (nSPS) is 27.9. The number of thiazole rings is 2. The van der Waals surface area contributed by atoms with Gasteiger partial charge >= 0.3 is 0 Å². The molecule has 2 unspecified atom stereocenters. The summed E-state index contributed by atoms with van der Waals surface area (Å²) in [5.74, 6) is -0.845. The van der Waals surface area contributed by atoms with E-state index in [4.69, 9.17) is 19.7 Å². The van der Waals surface area contributed by atoms with E-state index < -0.39 is 25.7 Å². The van der Waals surface area contributed by atoms with Gasteiger partial charge in [-0.3, -0.25) is 0 Å². The predicted octanol–water partition coefficient (Wildman–Crippen LogP) is 2.77. The van der Waals surface area contributed by atoms with Crippen molar-refractivity contribution >= 4 is 32.9 Å². The minimum atomic E-state index is -2.31. The summed E-state index contributed by atoms with van der Waals surface area (Å²) in [6.45, 7) is -4.35. The van der Waals surface area contributed by atoms with Crippen molar-refractivity contribution in [3.63, 3.8) is 0 Å². The first-order valence-electron chi connectivity index (χ1n) is 12.8. The molecule has 0 aromatic carbocycles. The number of nitrogens with two attached hydrogens (primary N) is 2. The molecular formula is C20H32N6S2. The molecule has 154 valence electrons. The third-order valence-corrected chi connectivity index (χ3v) is 7.63. The summed E-state index contributed by atoms with van der Waals surface area (Å²) < 4.78 is 48.2. The Hall–Kier alpha value is -1.22. The van der Waals surface area contributed by atoms with E-state index >= 15 is 0 Å². The third kappa shape index (κ3) is 4.50. The van der Waals surface area contributed by atoms with Gasteiger partial charge in [0.2, 0.25) is 0 Å². The lowest BCUT2D eigenvalue weighted by Gasteiger charge is -2.32. The van der Waals surface area contributed by atoms with Crippen molar-refractivity contribution in [2.75, 3.05) is 18.0 Å². The maximum Gasteiger partial charge on any atom is 0.180 e. The Kier molecular flexibility index (Phi) is 4.29. The fourth-order valence-corrected chi connectivity index (χ4v) is 6.00. The van der Waals surface area contributed by atoms with Crippen LogP contribution in [-0.2, 0) is 25.7 Å². The molecular weight excluding hydrogens is 388 g/mol. The van der Waals surface area contributed by atoms with Gasteiger partial charge in [0.05, 0.1) is 11.4 Å². The summed E-state index contributed by atoms with van der Waals surface area (Å²) in [6.07, 6.45) is 4.42. The fraction of sp³-hybridized carbons (Fsp3) is 0.700. The van der Waals surface area contributed by atoms with Crippen LogP contribution in [0.5, 0.6) is 0 Å². The summed E-state index contributed by atoms with van der Waals surface area (Å²) in [5.41, 5.74) is 13.7. The number of aromatic nitrogens is 2. The molecule has 4 rings (SSSR count). The maximum absolute atomic E-state index is 8.22. The van der Waals surface area contributed by atoms with E-state index in [9.17, 15) is 0 Å². The van der Waals surface area contributed by atoms with Crippen LogP contribution in [-0.4, -0.2) is 34.6 Å². The summed E-state index contributed by atoms with van der Waals surface area (Å²) >= 11 is 2.97. The highest BCUT2D eigenvalue weighted by atomic mass is 32.1. The highest BCUT2D eigenvalue weighted by molar-refractivity contribution is 7.15. The van der Waals surface area contributed by atoms with Crippen LogP contribution in [0.2, 0.25) is 0 Å². The number of fused-ring (bicyclic) bond motifs is 2. The Morgan fingerprint density at radius 2 is 1.86 bits per heavy atom. The van der Waals surface area contributed by atoms with E-state index in [1.165, 1.54) is 22.7 Å². The maximum atomic E-state index is 8.22. The van der Waals surface area contributed by atoms with Crippen molar-refractivity contribution in [2.24, 2.45) is 5.92 Å². The van der Waals surface area contributed by atoms with Gasteiger partial charge in [-0.2, -0.15) is 0 Å². The van der Waals surface area contributed by atoms with Crippen LogP contribution >= 0.6 is 22.7 Å². The smallest absolute Gasteiger partial charge is 0.180 e. The summed E-state index contributed by atoms with van der Waals surface area (Å²) in [7, 11) is 0. The molecule has 0 bridgehead atoms. The van der Waals surface area contributed by atoms with Crippen molar-refractivity contribution < 1.29 is 8.22 Å². The topological polar surface area (TPSA) is 102 Å². The van der Waals surface area contributed by atoms with Crippen LogP contribution < -0.4 is 22.1 Å². The van der Waals surface area contributed by atoms with E-state index in [1.807, 2.05) is 0 Å². The molecule has 0 fully saturated rings. The second kappa shape index (κ2) is 8.65. The van der Waals surface area contributed by atoms with Crippen LogP contribution in [0.4, 0.5) is 10.3 Å². The van der Waals surface area contributed by atoms with Crippen molar-refractivity contribution in [3.05, 3.63) is 21.1 Å². The number of rotatable bonds is 7. The molecule has 2 aliphatic carbocycles. The Balaban J connectivity index is 1.46. The van der Waals surface area contributed by atoms with Crippen LogP contribution in [0.3, 0.4) is 0 Å². The van der Waals surface area contributed by atoms with E-state index in [0.717, 1.165) is 53.2 Å². The van der Waals surface area contributed by atoms with Crippen molar-refractivity contribution in [2.45, 2.75) is 76.8 Å². The SMILES string of the molecule is [2H]C([2H])([2H])CC(N[C@@H]1CCc2sc(N)nc2C1)C(CN[C@H]1CCc2nc(N)sc2C1)C([2H])([2H])[2H]. The fourth-order valence-electron chi connectivity index (χ4n) is 4.17. The molecule has 2 aromatic heterocycles. The zero-order valence-corrected chi connectivity index (χ0v) is 17.5. The highest BCUT2D eigenvalue weighted by Gasteiger charge is 2.27. The Bertz CT molecular complexity index is 987. The summed E-state index contributed by atoms with van der Waals surface area (Å²) in [4.78, 5) is 11.1. The molecule has 2 heterocycles.